The Labute approximate surface area is 188 Å². The number of anilines is 1. The zero-order valence-electron chi connectivity index (χ0n) is 17.4. The molecule has 33 heavy (non-hydrogen) atoms. The molecule has 1 amide bonds. The lowest BCUT2D eigenvalue weighted by molar-refractivity contribution is 0.0965. The summed E-state index contributed by atoms with van der Waals surface area (Å²) in [7, 11) is 0. The predicted molar refractivity (Wildman–Crippen MR) is 115 cm³/mol. The van der Waals surface area contributed by atoms with Crippen LogP contribution >= 0.6 is 0 Å². The Morgan fingerprint density at radius 3 is 2.85 bits per heavy atom. The van der Waals surface area contributed by atoms with Crippen LogP contribution < -0.4 is 10.2 Å². The molecule has 2 aliphatic heterocycles. The van der Waals surface area contributed by atoms with Crippen LogP contribution in [0.25, 0.3) is 16.9 Å². The van der Waals surface area contributed by atoms with Gasteiger partial charge < -0.3 is 15.3 Å². The average Bonchev–Trinajstić information content (AvgIpc) is 3.46. The fourth-order valence-electron chi connectivity index (χ4n) is 4.30. The molecule has 164 valence electrons. The summed E-state index contributed by atoms with van der Waals surface area (Å²) in [6.07, 6.45) is 1.42. The summed E-state index contributed by atoms with van der Waals surface area (Å²) in [4.78, 5) is 18.9. The molecule has 0 saturated carbocycles. The van der Waals surface area contributed by atoms with Crippen LogP contribution in [0.15, 0.2) is 36.5 Å². The van der Waals surface area contributed by atoms with Gasteiger partial charge in [0.25, 0.3) is 5.91 Å². The molecule has 10 heteroatoms. The molecule has 1 aromatic carbocycles. The van der Waals surface area contributed by atoms with Crippen LogP contribution in [0.1, 0.15) is 28.0 Å². The summed E-state index contributed by atoms with van der Waals surface area (Å²) in [5.74, 6) is -0.719. The fraction of sp³-hybridized carbons (Fsp3) is 0.261. The normalized spacial score (nSPS) is 19.5. The number of β-amino-alcohol motifs (C(OH)–C–C–N with tert-alkyl or cyclic N) is 1. The van der Waals surface area contributed by atoms with Crippen LogP contribution in [-0.2, 0) is 6.54 Å². The number of halogens is 1. The first-order chi connectivity index (χ1) is 16.0. The molecule has 4 heterocycles. The van der Waals surface area contributed by atoms with E-state index in [2.05, 4.69) is 21.5 Å². The minimum atomic E-state index is -0.776. The molecule has 0 radical (unpaired) electrons. The van der Waals surface area contributed by atoms with Crippen LogP contribution in [0, 0.1) is 34.4 Å². The van der Waals surface area contributed by atoms with Crippen LogP contribution in [0.2, 0.25) is 0 Å². The third-order valence-electron chi connectivity index (χ3n) is 6.00. The van der Waals surface area contributed by atoms with Crippen molar-refractivity contribution in [1.82, 2.24) is 20.1 Å². The van der Waals surface area contributed by atoms with E-state index in [-0.39, 0.29) is 35.8 Å². The lowest BCUT2D eigenvalue weighted by Crippen LogP contribution is -2.43. The first-order valence-corrected chi connectivity index (χ1v) is 10.4. The first-order valence-electron chi connectivity index (χ1n) is 10.4. The highest BCUT2D eigenvalue weighted by atomic mass is 19.1. The summed E-state index contributed by atoms with van der Waals surface area (Å²) in [5, 5.41) is 36.1. The Kier molecular flexibility index (Phi) is 5.00. The average molecular weight is 443 g/mol. The van der Waals surface area contributed by atoms with Crippen molar-refractivity contribution < 1.29 is 14.3 Å². The Morgan fingerprint density at radius 1 is 1.24 bits per heavy atom. The topological polar surface area (TPSA) is 131 Å². The molecule has 1 saturated heterocycles. The summed E-state index contributed by atoms with van der Waals surface area (Å²) in [6, 6.07) is 11.6. The number of fused-ring (bicyclic) bond motifs is 1. The quantitative estimate of drug-likeness (QED) is 0.632. The molecule has 5 rings (SSSR count). The number of carbonyl (C=O) groups excluding carboxylic acids is 1. The van der Waals surface area contributed by atoms with Crippen LogP contribution in [0.3, 0.4) is 0 Å². The van der Waals surface area contributed by atoms with E-state index in [1.807, 2.05) is 11.0 Å². The number of nitrogens with zero attached hydrogens (tertiary/aromatic N) is 6. The predicted octanol–water partition coefficient (Wildman–Crippen LogP) is 1.90. The number of pyridine rings is 1. The second kappa shape index (κ2) is 8.01. The van der Waals surface area contributed by atoms with Crippen LogP contribution in [-0.4, -0.2) is 45.0 Å². The number of aliphatic hydroxyl groups is 1. The largest absolute Gasteiger partial charge is 0.390 e. The second-order valence-corrected chi connectivity index (χ2v) is 7.96. The molecule has 2 aliphatic rings. The van der Waals surface area contributed by atoms with Gasteiger partial charge in [-0.3, -0.25) is 4.79 Å². The number of nitriles is 2. The zero-order chi connectivity index (χ0) is 23.1. The van der Waals surface area contributed by atoms with Crippen molar-refractivity contribution in [2.24, 2.45) is 5.92 Å². The highest BCUT2D eigenvalue weighted by Crippen LogP contribution is 2.32. The Morgan fingerprint density at radius 2 is 2.09 bits per heavy atom. The monoisotopic (exact) mass is 443 g/mol. The molecular weight excluding hydrogens is 425 g/mol. The number of benzene rings is 1. The van der Waals surface area contributed by atoms with Gasteiger partial charge in [-0.25, -0.2) is 14.1 Å². The number of hydrogen-bond donors (Lipinski definition) is 2. The smallest absolute Gasteiger partial charge is 0.255 e. The Balaban J connectivity index is 1.58. The van der Waals surface area contributed by atoms with Crippen LogP contribution in [0.4, 0.5) is 10.2 Å². The number of amides is 1. The fourth-order valence-corrected chi connectivity index (χ4v) is 4.30. The van der Waals surface area contributed by atoms with E-state index in [4.69, 9.17) is 5.26 Å². The second-order valence-electron chi connectivity index (χ2n) is 7.96. The highest BCUT2D eigenvalue weighted by molar-refractivity contribution is 6.01. The first kappa shape index (κ1) is 20.6. The lowest BCUT2D eigenvalue weighted by Gasteiger charge is -2.32. The molecular formula is C23H18FN7O2. The Bertz CT molecular complexity index is 1350. The number of hydrogen-bond acceptors (Lipinski definition) is 7. The number of nitrogens with one attached hydrogen (secondary N) is 1. The van der Waals surface area contributed by atoms with E-state index < -0.39 is 17.8 Å². The zero-order valence-corrected chi connectivity index (χ0v) is 17.4. The highest BCUT2D eigenvalue weighted by Gasteiger charge is 2.30. The van der Waals surface area contributed by atoms with Crippen molar-refractivity contribution in [2.75, 3.05) is 18.0 Å². The van der Waals surface area contributed by atoms with E-state index >= 15 is 0 Å². The van der Waals surface area contributed by atoms with Gasteiger partial charge in [-0.05, 0) is 24.6 Å². The maximum atomic E-state index is 14.7. The van der Waals surface area contributed by atoms with Gasteiger partial charge in [0.1, 0.15) is 5.82 Å². The standard InChI is InChI=1S/C23H18FN7O2/c24-15-3-1-2-14(10-26)21(15)16-8-18(22-17(28-16)11-27-23(22)33)31-7-5-20(29-31)30-6-4-13(9-25)19(32)12-30/h1-3,5,7-8,13,19,32H,4,6,11-12H2,(H,27,33). The third kappa shape index (κ3) is 3.47. The SMILES string of the molecule is N#Cc1cccc(F)c1-c1cc(-n2ccc(N3CCC(C#N)C(O)C3)n2)c2c(n1)CNC2=O. The molecule has 3 aromatic rings. The molecule has 1 fully saturated rings. The van der Waals surface area contributed by atoms with Crippen molar-refractivity contribution >= 4 is 11.7 Å². The van der Waals surface area contributed by atoms with Crippen molar-refractivity contribution in [3.05, 3.63) is 59.2 Å². The van der Waals surface area contributed by atoms with Crippen molar-refractivity contribution in [3.8, 4) is 29.1 Å². The van der Waals surface area contributed by atoms with E-state index in [1.54, 1.807) is 18.3 Å². The van der Waals surface area contributed by atoms with E-state index in [1.165, 1.54) is 22.9 Å². The van der Waals surface area contributed by atoms with E-state index in [9.17, 15) is 19.6 Å². The number of aromatic nitrogens is 3. The maximum absolute atomic E-state index is 14.7. The molecule has 2 unspecified atom stereocenters. The van der Waals surface area contributed by atoms with Crippen LogP contribution in [0.5, 0.6) is 0 Å². The number of aliphatic hydroxyl groups excluding tert-OH is 1. The van der Waals surface area contributed by atoms with Crippen molar-refractivity contribution in [1.29, 1.82) is 10.5 Å². The van der Waals surface area contributed by atoms with E-state index in [0.29, 0.717) is 35.7 Å². The molecule has 0 spiro atoms. The van der Waals surface area contributed by atoms with Gasteiger partial charge in [0.15, 0.2) is 5.82 Å². The summed E-state index contributed by atoms with van der Waals surface area (Å²) in [6.45, 7) is 1.02. The van der Waals surface area contributed by atoms with E-state index in [0.717, 1.165) is 0 Å². The summed E-state index contributed by atoms with van der Waals surface area (Å²) in [5.41, 5.74) is 1.64. The van der Waals surface area contributed by atoms with Gasteiger partial charge in [-0.1, -0.05) is 6.07 Å². The number of rotatable bonds is 3. The van der Waals surface area contributed by atoms with Gasteiger partial charge in [0.2, 0.25) is 0 Å². The molecule has 2 aromatic heterocycles. The number of carbonyl (C=O) groups is 1. The minimum absolute atomic E-state index is 0.0671. The summed E-state index contributed by atoms with van der Waals surface area (Å²) >= 11 is 0. The molecule has 0 aliphatic carbocycles. The maximum Gasteiger partial charge on any atom is 0.255 e. The molecule has 9 nitrogen and oxygen atoms in total. The van der Waals surface area contributed by atoms with Crippen molar-refractivity contribution in [2.45, 2.75) is 19.1 Å². The Hall–Kier alpha value is -4.28. The van der Waals surface area contributed by atoms with Crippen molar-refractivity contribution in [3.63, 3.8) is 0 Å². The third-order valence-corrected chi connectivity index (χ3v) is 6.00. The molecule has 2 atom stereocenters. The number of piperidine rings is 1. The minimum Gasteiger partial charge on any atom is -0.390 e. The molecule has 0 bridgehead atoms. The summed E-state index contributed by atoms with van der Waals surface area (Å²) < 4.78 is 16.2. The van der Waals surface area contributed by atoms with Gasteiger partial charge >= 0.3 is 0 Å². The van der Waals surface area contributed by atoms with Gasteiger partial charge in [0.05, 0.1) is 64.5 Å². The van der Waals surface area contributed by atoms with Gasteiger partial charge in [-0.2, -0.15) is 15.6 Å². The van der Waals surface area contributed by atoms with Gasteiger partial charge in [-0.15, -0.1) is 0 Å². The lowest BCUT2D eigenvalue weighted by atomic mass is 9.95. The van der Waals surface area contributed by atoms with Gasteiger partial charge in [0, 0.05) is 25.4 Å². The molecule has 2 N–H and O–H groups in total.